The van der Waals surface area contributed by atoms with E-state index < -0.39 is 29.6 Å². The van der Waals surface area contributed by atoms with Crippen LogP contribution in [0.2, 0.25) is 0 Å². The van der Waals surface area contributed by atoms with Crippen molar-refractivity contribution in [3.63, 3.8) is 0 Å². The van der Waals surface area contributed by atoms with Crippen LogP contribution in [0.15, 0.2) is 48.5 Å². The number of alkyl carbamates (subject to hydrolysis) is 1. The second-order valence-corrected chi connectivity index (χ2v) is 8.76. The average Bonchev–Trinajstić information content (AvgIpc) is 3.64. The van der Waals surface area contributed by atoms with Gasteiger partial charge < -0.3 is 19.9 Å². The topological polar surface area (TPSA) is 123 Å². The third kappa shape index (κ3) is 4.76. The maximum atomic E-state index is 12.9. The molecule has 2 atom stereocenters. The van der Waals surface area contributed by atoms with Crippen LogP contribution < -0.4 is 10.8 Å². The molecule has 9 heteroatoms. The first-order valence-corrected chi connectivity index (χ1v) is 11.2. The van der Waals surface area contributed by atoms with Gasteiger partial charge in [-0.25, -0.2) is 15.1 Å². The summed E-state index contributed by atoms with van der Waals surface area (Å²) >= 11 is 0. The van der Waals surface area contributed by atoms with Gasteiger partial charge in [0.05, 0.1) is 6.61 Å². The lowest BCUT2D eigenvalue weighted by Gasteiger charge is -2.29. The largest absolute Gasteiger partial charge is 0.479 e. The maximum absolute atomic E-state index is 12.9. The number of aliphatic carboxylic acids is 1. The number of carboxylic acid groups (broad SMARTS) is 1. The highest BCUT2D eigenvalue weighted by atomic mass is 16.7. The van der Waals surface area contributed by atoms with Gasteiger partial charge in [-0.3, -0.25) is 9.63 Å². The molecule has 0 heterocycles. The van der Waals surface area contributed by atoms with Crippen LogP contribution in [-0.4, -0.2) is 55.0 Å². The number of nitrogens with one attached hydrogen (secondary N) is 2. The quantitative estimate of drug-likeness (QED) is 0.458. The van der Waals surface area contributed by atoms with Gasteiger partial charge in [0.2, 0.25) is 6.10 Å². The summed E-state index contributed by atoms with van der Waals surface area (Å²) in [6, 6.07) is 16.0. The van der Waals surface area contributed by atoms with Crippen molar-refractivity contribution in [1.29, 1.82) is 0 Å². The number of carbonyl (C=O) groups excluding carboxylic acids is 2. The summed E-state index contributed by atoms with van der Waals surface area (Å²) in [7, 11) is 1.33. The molecule has 9 nitrogen and oxygen atoms in total. The van der Waals surface area contributed by atoms with E-state index >= 15 is 0 Å². The third-order valence-corrected chi connectivity index (χ3v) is 6.46. The Bertz CT molecular complexity index is 1040. The Labute approximate surface area is 197 Å². The fraction of sp³-hybridized carbons (Fsp3) is 0.400. The number of rotatable bonds is 10. The normalized spacial score (nSPS) is 17.1. The van der Waals surface area contributed by atoms with E-state index in [4.69, 9.17) is 19.4 Å². The Kier molecular flexibility index (Phi) is 6.85. The van der Waals surface area contributed by atoms with Crippen LogP contribution in [0.25, 0.3) is 11.1 Å². The van der Waals surface area contributed by atoms with E-state index in [-0.39, 0.29) is 25.0 Å². The van der Waals surface area contributed by atoms with Crippen LogP contribution in [0, 0.1) is 5.92 Å². The van der Waals surface area contributed by atoms with Crippen molar-refractivity contribution in [2.75, 3.05) is 20.3 Å². The average molecular weight is 469 g/mol. The lowest BCUT2D eigenvalue weighted by molar-refractivity contribution is -0.167. The van der Waals surface area contributed by atoms with Crippen LogP contribution in [-0.2, 0) is 23.9 Å². The van der Waals surface area contributed by atoms with Crippen LogP contribution in [0.4, 0.5) is 4.79 Å². The highest BCUT2D eigenvalue weighted by molar-refractivity contribution is 5.90. The molecule has 3 N–H and O–H groups in total. The number of ether oxygens (including phenoxy) is 2. The molecule has 4 rings (SSSR count). The summed E-state index contributed by atoms with van der Waals surface area (Å²) in [5.41, 5.74) is 5.28. The first-order valence-electron chi connectivity index (χ1n) is 11.2. The van der Waals surface area contributed by atoms with E-state index in [0.717, 1.165) is 35.1 Å². The summed E-state index contributed by atoms with van der Waals surface area (Å²) < 4.78 is 10.4. The van der Waals surface area contributed by atoms with Crippen molar-refractivity contribution in [2.24, 2.45) is 5.92 Å². The zero-order valence-electron chi connectivity index (χ0n) is 19.1. The fourth-order valence-corrected chi connectivity index (χ4v) is 4.39. The molecule has 2 unspecified atom stereocenters. The van der Waals surface area contributed by atoms with Crippen LogP contribution >= 0.6 is 0 Å². The van der Waals surface area contributed by atoms with Crippen molar-refractivity contribution in [2.45, 2.75) is 37.3 Å². The van der Waals surface area contributed by atoms with Gasteiger partial charge in [0.25, 0.3) is 5.91 Å². The molecule has 2 amide bonds. The Morgan fingerprint density at radius 3 is 2.18 bits per heavy atom. The van der Waals surface area contributed by atoms with E-state index in [9.17, 15) is 14.4 Å². The Hall–Kier alpha value is -3.43. The molecule has 180 valence electrons. The number of fused-ring (bicyclic) bond motifs is 3. The van der Waals surface area contributed by atoms with Gasteiger partial charge in [-0.1, -0.05) is 48.5 Å². The minimum Gasteiger partial charge on any atom is -0.479 e. The monoisotopic (exact) mass is 468 g/mol. The fourth-order valence-electron chi connectivity index (χ4n) is 4.39. The lowest BCUT2D eigenvalue weighted by atomic mass is 9.95. The van der Waals surface area contributed by atoms with Crippen LogP contribution in [0.3, 0.4) is 0 Å². The molecule has 0 bridgehead atoms. The molecule has 2 aliphatic rings. The molecule has 2 aromatic carbocycles. The van der Waals surface area contributed by atoms with E-state index in [1.165, 1.54) is 7.11 Å². The van der Waals surface area contributed by atoms with Gasteiger partial charge in [-0.15, -0.1) is 0 Å². The highest BCUT2D eigenvalue weighted by Crippen LogP contribution is 2.44. The molecule has 2 aromatic rings. The van der Waals surface area contributed by atoms with Gasteiger partial charge >= 0.3 is 12.1 Å². The molecule has 0 saturated heterocycles. The van der Waals surface area contributed by atoms with Crippen molar-refractivity contribution in [3.8, 4) is 11.1 Å². The SMILES string of the molecule is COCC(ONC(=O)C(C)(NC(=O)OCC1c2ccccc2-c2ccccc21)C1CC1)C(=O)O. The number of carboxylic acids is 1. The Morgan fingerprint density at radius 1 is 1.06 bits per heavy atom. The van der Waals surface area contributed by atoms with Gasteiger partial charge in [0, 0.05) is 13.0 Å². The van der Waals surface area contributed by atoms with E-state index in [2.05, 4.69) is 22.9 Å². The second-order valence-electron chi connectivity index (χ2n) is 8.76. The van der Waals surface area contributed by atoms with Crippen molar-refractivity contribution < 1.29 is 33.8 Å². The maximum Gasteiger partial charge on any atom is 0.408 e. The van der Waals surface area contributed by atoms with E-state index in [1.54, 1.807) is 6.92 Å². The molecule has 34 heavy (non-hydrogen) atoms. The number of carbonyl (C=O) groups is 3. The number of hydrogen-bond donors (Lipinski definition) is 3. The standard InChI is InChI=1S/C25H28N2O7/c1-25(15-11-12-15,23(30)27-34-21(14-32-2)22(28)29)26-24(31)33-13-20-18-9-5-3-7-16(18)17-8-4-6-10-19(17)20/h3-10,15,20-21H,11-14H2,1-2H3,(H,26,31)(H,27,30)(H,28,29). The molecular weight excluding hydrogens is 440 g/mol. The first-order chi connectivity index (χ1) is 16.3. The minimum absolute atomic E-state index is 0.104. The predicted molar refractivity (Wildman–Crippen MR) is 122 cm³/mol. The zero-order valence-corrected chi connectivity index (χ0v) is 19.1. The van der Waals surface area contributed by atoms with Crippen molar-refractivity contribution in [1.82, 2.24) is 10.8 Å². The first kappa shape index (κ1) is 23.7. The van der Waals surface area contributed by atoms with Gasteiger partial charge in [0.15, 0.2) is 0 Å². The second kappa shape index (κ2) is 9.82. The smallest absolute Gasteiger partial charge is 0.408 e. The van der Waals surface area contributed by atoms with E-state index in [1.807, 2.05) is 36.4 Å². The van der Waals surface area contributed by atoms with Gasteiger partial charge in [-0.2, -0.15) is 0 Å². The van der Waals surface area contributed by atoms with Crippen molar-refractivity contribution in [3.05, 3.63) is 59.7 Å². The minimum atomic E-state index is -1.37. The molecule has 1 saturated carbocycles. The number of amides is 2. The summed E-state index contributed by atoms with van der Waals surface area (Å²) in [5, 5.41) is 11.8. The van der Waals surface area contributed by atoms with E-state index in [0.29, 0.717) is 0 Å². The summed E-state index contributed by atoms with van der Waals surface area (Å²) in [6.45, 7) is 1.46. The van der Waals surface area contributed by atoms with Crippen LogP contribution in [0.5, 0.6) is 0 Å². The molecule has 0 aromatic heterocycles. The van der Waals surface area contributed by atoms with Crippen molar-refractivity contribution >= 4 is 18.0 Å². The number of methoxy groups -OCH3 is 1. The number of benzene rings is 2. The van der Waals surface area contributed by atoms with Gasteiger partial charge in [-0.05, 0) is 47.9 Å². The summed E-state index contributed by atoms with van der Waals surface area (Å²) in [4.78, 5) is 41.8. The molecule has 0 spiro atoms. The molecule has 1 fully saturated rings. The molecular formula is C25H28N2O7. The zero-order chi connectivity index (χ0) is 24.3. The van der Waals surface area contributed by atoms with Crippen LogP contribution in [0.1, 0.15) is 36.8 Å². The summed E-state index contributed by atoms with van der Waals surface area (Å²) in [5.74, 6) is -2.14. The molecule has 0 aliphatic heterocycles. The third-order valence-electron chi connectivity index (χ3n) is 6.46. The van der Waals surface area contributed by atoms with Gasteiger partial charge in [0.1, 0.15) is 12.1 Å². The number of hydrogen-bond acceptors (Lipinski definition) is 6. The lowest BCUT2D eigenvalue weighted by Crippen LogP contribution is -2.59. The predicted octanol–water partition coefficient (Wildman–Crippen LogP) is 2.84. The Balaban J connectivity index is 1.40. The molecule has 2 aliphatic carbocycles. The Morgan fingerprint density at radius 2 is 1.65 bits per heavy atom. The summed E-state index contributed by atoms with van der Waals surface area (Å²) in [6.07, 6.45) is -0.605. The number of hydroxylamine groups is 1. The molecule has 0 radical (unpaired) electrons. The highest BCUT2D eigenvalue weighted by Gasteiger charge is 2.49.